The van der Waals surface area contributed by atoms with Gasteiger partial charge in [0.15, 0.2) is 0 Å². The van der Waals surface area contributed by atoms with Crippen LogP contribution in [-0.2, 0) is 15.7 Å². The van der Waals surface area contributed by atoms with Gasteiger partial charge >= 0.3 is 12.1 Å². The number of hydrogen-bond acceptors (Lipinski definition) is 6. The van der Waals surface area contributed by atoms with Crippen LogP contribution in [0.3, 0.4) is 0 Å². The van der Waals surface area contributed by atoms with Gasteiger partial charge in [-0.1, -0.05) is 0 Å². The second kappa shape index (κ2) is 6.17. The number of nitrogens with zero attached hydrogens (tertiary/aromatic N) is 4. The van der Waals surface area contributed by atoms with Crippen LogP contribution in [0.15, 0.2) is 12.3 Å². The molecule has 0 spiro atoms. The van der Waals surface area contributed by atoms with Gasteiger partial charge in [-0.2, -0.15) is 13.2 Å². The van der Waals surface area contributed by atoms with Crippen LogP contribution < -0.4 is 4.90 Å². The number of aliphatic carboxylic acids is 1. The normalized spacial score (nSPS) is 25.9. The minimum absolute atomic E-state index is 0.0107. The zero-order valence-corrected chi connectivity index (χ0v) is 12.8. The quantitative estimate of drug-likeness (QED) is 0.870. The number of rotatable bonds is 3. The second-order valence-corrected chi connectivity index (χ2v) is 5.85. The molecule has 24 heavy (non-hydrogen) atoms. The number of ether oxygens (including phenoxy) is 1. The van der Waals surface area contributed by atoms with Gasteiger partial charge in [0.05, 0.1) is 6.61 Å². The standard InChI is InChI=1S/C14H17F3N4O3/c15-14(16,17)10-1-3-18-12(19-10)20-4-6-21(7-5-20)13(11(22)23)2-8-24-9-13/h1,3H,2,4-9H2,(H,22,23). The van der Waals surface area contributed by atoms with Crippen molar-refractivity contribution in [3.8, 4) is 0 Å². The minimum atomic E-state index is -4.52. The molecule has 0 amide bonds. The monoisotopic (exact) mass is 346 g/mol. The van der Waals surface area contributed by atoms with E-state index >= 15 is 0 Å². The van der Waals surface area contributed by atoms with E-state index in [0.717, 1.165) is 12.3 Å². The number of carboxylic acid groups (broad SMARTS) is 1. The lowest BCUT2D eigenvalue weighted by atomic mass is 9.95. The Labute approximate surface area is 136 Å². The van der Waals surface area contributed by atoms with Crippen molar-refractivity contribution >= 4 is 11.9 Å². The van der Waals surface area contributed by atoms with Crippen LogP contribution in [-0.4, -0.2) is 70.9 Å². The summed E-state index contributed by atoms with van der Waals surface area (Å²) in [5.41, 5.74) is -2.03. The van der Waals surface area contributed by atoms with Crippen LogP contribution in [0.4, 0.5) is 19.1 Å². The summed E-state index contributed by atoms with van der Waals surface area (Å²) < 4.78 is 43.5. The molecule has 0 aromatic carbocycles. The fourth-order valence-corrected chi connectivity index (χ4v) is 3.10. The molecular formula is C14H17F3N4O3. The predicted molar refractivity (Wildman–Crippen MR) is 76.6 cm³/mol. The van der Waals surface area contributed by atoms with Gasteiger partial charge in [0, 0.05) is 45.4 Å². The molecule has 0 saturated carbocycles. The minimum Gasteiger partial charge on any atom is -0.480 e. The number of hydrogen-bond donors (Lipinski definition) is 1. The number of alkyl halides is 3. The average Bonchev–Trinajstić information content (AvgIpc) is 3.05. The van der Waals surface area contributed by atoms with Gasteiger partial charge < -0.3 is 14.7 Å². The summed E-state index contributed by atoms with van der Waals surface area (Å²) in [4.78, 5) is 22.6. The third-order valence-corrected chi connectivity index (χ3v) is 4.50. The van der Waals surface area contributed by atoms with Gasteiger partial charge in [-0.25, -0.2) is 9.97 Å². The summed E-state index contributed by atoms with van der Waals surface area (Å²) in [6.07, 6.45) is -3.03. The Morgan fingerprint density at radius 1 is 1.29 bits per heavy atom. The molecule has 2 saturated heterocycles. The molecule has 0 bridgehead atoms. The third-order valence-electron chi connectivity index (χ3n) is 4.50. The first-order chi connectivity index (χ1) is 11.3. The second-order valence-electron chi connectivity index (χ2n) is 5.85. The van der Waals surface area contributed by atoms with Crippen LogP contribution in [0, 0.1) is 0 Å². The third kappa shape index (κ3) is 3.03. The largest absolute Gasteiger partial charge is 0.480 e. The molecule has 1 aromatic rings. The molecule has 3 heterocycles. The number of carbonyl (C=O) groups is 1. The highest BCUT2D eigenvalue weighted by Gasteiger charge is 2.48. The number of aromatic nitrogens is 2. The van der Waals surface area contributed by atoms with E-state index in [4.69, 9.17) is 4.74 Å². The highest BCUT2D eigenvalue weighted by molar-refractivity contribution is 5.79. The Morgan fingerprint density at radius 2 is 2.00 bits per heavy atom. The van der Waals surface area contributed by atoms with Crippen molar-refractivity contribution in [1.29, 1.82) is 0 Å². The first-order valence-electron chi connectivity index (χ1n) is 7.54. The Morgan fingerprint density at radius 3 is 2.54 bits per heavy atom. The van der Waals surface area contributed by atoms with E-state index in [2.05, 4.69) is 9.97 Å². The molecule has 0 aliphatic carbocycles. The molecule has 10 heteroatoms. The topological polar surface area (TPSA) is 78.8 Å². The first-order valence-corrected chi connectivity index (χ1v) is 7.54. The van der Waals surface area contributed by atoms with E-state index in [0.29, 0.717) is 39.2 Å². The van der Waals surface area contributed by atoms with E-state index in [1.165, 1.54) is 0 Å². The molecule has 2 aliphatic heterocycles. The molecule has 1 N–H and O–H groups in total. The van der Waals surface area contributed by atoms with Gasteiger partial charge in [0.1, 0.15) is 11.2 Å². The molecule has 0 radical (unpaired) electrons. The maximum atomic E-state index is 12.7. The zero-order chi connectivity index (χ0) is 17.4. The highest BCUT2D eigenvalue weighted by Crippen LogP contribution is 2.30. The lowest BCUT2D eigenvalue weighted by Gasteiger charge is -2.42. The molecule has 132 valence electrons. The lowest BCUT2D eigenvalue weighted by molar-refractivity contribution is -0.152. The van der Waals surface area contributed by atoms with E-state index in [1.807, 2.05) is 4.90 Å². The molecule has 2 fully saturated rings. The number of piperazine rings is 1. The van der Waals surface area contributed by atoms with Crippen LogP contribution in [0.5, 0.6) is 0 Å². The Hall–Kier alpha value is -1.94. The van der Waals surface area contributed by atoms with Gasteiger partial charge in [-0.3, -0.25) is 9.69 Å². The molecular weight excluding hydrogens is 329 g/mol. The SMILES string of the molecule is O=C(O)C1(N2CCN(c3nccc(C(F)(F)F)n3)CC2)CCOC1. The van der Waals surface area contributed by atoms with Gasteiger partial charge in [-0.05, 0) is 6.07 Å². The van der Waals surface area contributed by atoms with Crippen LogP contribution in [0.2, 0.25) is 0 Å². The molecule has 3 rings (SSSR count). The van der Waals surface area contributed by atoms with Crippen LogP contribution in [0.1, 0.15) is 12.1 Å². The van der Waals surface area contributed by atoms with E-state index in [9.17, 15) is 23.1 Å². The van der Waals surface area contributed by atoms with Gasteiger partial charge in [0.2, 0.25) is 5.95 Å². The summed E-state index contributed by atoms with van der Waals surface area (Å²) in [5, 5.41) is 9.54. The molecule has 1 unspecified atom stereocenters. The smallest absolute Gasteiger partial charge is 0.433 e. The fourth-order valence-electron chi connectivity index (χ4n) is 3.10. The van der Waals surface area contributed by atoms with Gasteiger partial charge in [-0.15, -0.1) is 0 Å². The molecule has 1 atom stereocenters. The lowest BCUT2D eigenvalue weighted by Crippen LogP contribution is -2.61. The van der Waals surface area contributed by atoms with Crippen LogP contribution in [0.25, 0.3) is 0 Å². The number of carboxylic acids is 1. The first kappa shape index (κ1) is 16.9. The summed E-state index contributed by atoms with van der Waals surface area (Å²) in [6.45, 7) is 2.03. The summed E-state index contributed by atoms with van der Waals surface area (Å²) in [6, 6.07) is 0.828. The van der Waals surface area contributed by atoms with Crippen molar-refractivity contribution < 1.29 is 27.8 Å². The van der Waals surface area contributed by atoms with Crippen molar-refractivity contribution in [2.24, 2.45) is 0 Å². The number of halogens is 3. The maximum absolute atomic E-state index is 12.7. The average molecular weight is 346 g/mol. The van der Waals surface area contributed by atoms with Crippen molar-refractivity contribution in [2.45, 2.75) is 18.1 Å². The molecule has 1 aromatic heterocycles. The summed E-state index contributed by atoms with van der Waals surface area (Å²) in [5.74, 6) is -0.916. The Balaban J connectivity index is 1.70. The van der Waals surface area contributed by atoms with Crippen molar-refractivity contribution in [3.05, 3.63) is 18.0 Å². The maximum Gasteiger partial charge on any atom is 0.433 e. The molecule has 7 nitrogen and oxygen atoms in total. The molecule has 2 aliphatic rings. The van der Waals surface area contributed by atoms with E-state index in [1.54, 1.807) is 4.90 Å². The Kier molecular flexibility index (Phi) is 4.35. The van der Waals surface area contributed by atoms with Crippen LogP contribution >= 0.6 is 0 Å². The van der Waals surface area contributed by atoms with E-state index < -0.39 is 23.4 Å². The number of anilines is 1. The van der Waals surface area contributed by atoms with Crippen molar-refractivity contribution in [3.63, 3.8) is 0 Å². The highest BCUT2D eigenvalue weighted by atomic mass is 19.4. The summed E-state index contributed by atoms with van der Waals surface area (Å²) in [7, 11) is 0. The fraction of sp³-hybridized carbons (Fsp3) is 0.643. The predicted octanol–water partition coefficient (Wildman–Crippen LogP) is 0.861. The van der Waals surface area contributed by atoms with E-state index in [-0.39, 0.29) is 12.6 Å². The van der Waals surface area contributed by atoms with Crippen molar-refractivity contribution in [2.75, 3.05) is 44.3 Å². The van der Waals surface area contributed by atoms with Crippen molar-refractivity contribution in [1.82, 2.24) is 14.9 Å². The summed E-state index contributed by atoms with van der Waals surface area (Å²) >= 11 is 0. The van der Waals surface area contributed by atoms with Gasteiger partial charge in [0.25, 0.3) is 0 Å². The Bertz CT molecular complexity index is 612. The zero-order valence-electron chi connectivity index (χ0n) is 12.8.